The van der Waals surface area contributed by atoms with E-state index in [2.05, 4.69) is 30.9 Å². The van der Waals surface area contributed by atoms with Crippen molar-refractivity contribution in [1.29, 1.82) is 0 Å². The molecule has 144 valence electrons. The molecule has 1 aliphatic heterocycles. The fourth-order valence-corrected chi connectivity index (χ4v) is 3.85. The molecule has 2 aromatic heterocycles. The Balaban J connectivity index is 1.32. The Kier molecular flexibility index (Phi) is 4.20. The molecule has 2 fully saturated rings. The quantitative estimate of drug-likeness (QED) is 0.632. The second-order valence-electron chi connectivity index (χ2n) is 7.71. The number of nitrogens with one attached hydrogen (secondary N) is 3. The van der Waals surface area contributed by atoms with Crippen molar-refractivity contribution in [1.82, 2.24) is 30.3 Å². The molecule has 28 heavy (non-hydrogen) atoms. The zero-order valence-corrected chi connectivity index (χ0v) is 15.7. The van der Waals surface area contributed by atoms with E-state index in [-0.39, 0.29) is 17.7 Å². The van der Waals surface area contributed by atoms with Crippen LogP contribution in [0.2, 0.25) is 0 Å². The molecule has 8 heteroatoms. The predicted molar refractivity (Wildman–Crippen MR) is 105 cm³/mol. The average molecular weight is 377 g/mol. The third kappa shape index (κ3) is 3.31. The van der Waals surface area contributed by atoms with E-state index in [1.165, 1.54) is 12.8 Å². The van der Waals surface area contributed by atoms with Crippen LogP contribution in [0.15, 0.2) is 36.7 Å². The highest BCUT2D eigenvalue weighted by Gasteiger charge is 2.34. The number of hydrogen-bond donors (Lipinski definition) is 3. The highest BCUT2D eigenvalue weighted by molar-refractivity contribution is 5.94. The van der Waals surface area contributed by atoms with Crippen LogP contribution < -0.4 is 10.6 Å². The van der Waals surface area contributed by atoms with Crippen LogP contribution in [0.25, 0.3) is 11.4 Å². The van der Waals surface area contributed by atoms with Crippen LogP contribution in [-0.4, -0.2) is 44.0 Å². The number of aryl methyl sites for hydroxylation is 1. The van der Waals surface area contributed by atoms with Crippen LogP contribution in [0.3, 0.4) is 0 Å². The van der Waals surface area contributed by atoms with Gasteiger partial charge in [-0.05, 0) is 30.5 Å². The zero-order valence-electron chi connectivity index (χ0n) is 15.7. The summed E-state index contributed by atoms with van der Waals surface area (Å²) in [4.78, 5) is 17.5. The predicted octanol–water partition coefficient (Wildman–Crippen LogP) is 2.02. The highest BCUT2D eigenvalue weighted by atomic mass is 16.2. The van der Waals surface area contributed by atoms with Crippen molar-refractivity contribution in [2.75, 3.05) is 18.4 Å². The number of H-pyrrole nitrogens is 1. The summed E-state index contributed by atoms with van der Waals surface area (Å²) in [6.07, 6.45) is 6.19. The summed E-state index contributed by atoms with van der Waals surface area (Å²) in [6, 6.07) is 7.71. The van der Waals surface area contributed by atoms with Crippen LogP contribution >= 0.6 is 0 Å². The molecular weight excluding hydrogens is 354 g/mol. The molecule has 3 aromatic rings. The van der Waals surface area contributed by atoms with Crippen molar-refractivity contribution in [3.8, 4) is 11.4 Å². The van der Waals surface area contributed by atoms with Gasteiger partial charge in [0.1, 0.15) is 5.82 Å². The summed E-state index contributed by atoms with van der Waals surface area (Å²) in [6.45, 7) is 1.45. The number of rotatable bonds is 5. The van der Waals surface area contributed by atoms with Crippen molar-refractivity contribution < 1.29 is 4.79 Å². The van der Waals surface area contributed by atoms with Crippen LogP contribution in [0.5, 0.6) is 0 Å². The first-order valence-electron chi connectivity index (χ1n) is 9.70. The molecule has 0 radical (unpaired) electrons. The molecular formula is C20H23N7O. The molecule has 1 aliphatic carbocycles. The fraction of sp³-hybridized carbons (Fsp3) is 0.400. The van der Waals surface area contributed by atoms with Gasteiger partial charge in [0, 0.05) is 49.4 Å². The van der Waals surface area contributed by atoms with Gasteiger partial charge < -0.3 is 10.6 Å². The lowest BCUT2D eigenvalue weighted by molar-refractivity contribution is -0.119. The molecule has 0 spiro atoms. The minimum absolute atomic E-state index is 0.0182. The molecule has 0 bridgehead atoms. The van der Waals surface area contributed by atoms with Crippen LogP contribution in [0.1, 0.15) is 36.1 Å². The van der Waals surface area contributed by atoms with Gasteiger partial charge in [-0.15, -0.1) is 0 Å². The number of aromatic nitrogens is 5. The smallest absolute Gasteiger partial charge is 0.229 e. The first-order chi connectivity index (χ1) is 13.7. The van der Waals surface area contributed by atoms with E-state index < -0.39 is 0 Å². The molecule has 2 atom stereocenters. The van der Waals surface area contributed by atoms with Gasteiger partial charge in [0.05, 0.1) is 12.1 Å². The number of benzene rings is 1. The van der Waals surface area contributed by atoms with Crippen molar-refractivity contribution in [3.05, 3.63) is 48.0 Å². The highest BCUT2D eigenvalue weighted by Crippen LogP contribution is 2.38. The van der Waals surface area contributed by atoms with Crippen molar-refractivity contribution in [3.63, 3.8) is 0 Å². The standard InChI is InChI=1S/C20H23N7O/c1-27-11-14(8-22-27)16-9-21-10-17(16)20(28)23-15-4-2-3-13(7-15)19-24-18(25-26-19)12-5-6-12/h2-4,7-8,11-12,16-17,21H,5-6,9-10H2,1H3,(H,23,28)(H,24,25,26)/t16-,17+/m1/s1. The van der Waals surface area contributed by atoms with E-state index in [9.17, 15) is 4.79 Å². The summed E-state index contributed by atoms with van der Waals surface area (Å²) in [5.41, 5.74) is 2.75. The lowest BCUT2D eigenvalue weighted by Crippen LogP contribution is -2.28. The van der Waals surface area contributed by atoms with E-state index in [4.69, 9.17) is 0 Å². The third-order valence-corrected chi connectivity index (χ3v) is 5.56. The number of carbonyl (C=O) groups is 1. The number of carbonyl (C=O) groups excluding carboxylic acids is 1. The Morgan fingerprint density at radius 2 is 2.18 bits per heavy atom. The zero-order chi connectivity index (χ0) is 19.1. The van der Waals surface area contributed by atoms with Crippen LogP contribution in [-0.2, 0) is 11.8 Å². The van der Waals surface area contributed by atoms with E-state index in [1.807, 2.05) is 43.7 Å². The summed E-state index contributed by atoms with van der Waals surface area (Å²) < 4.78 is 1.78. The van der Waals surface area contributed by atoms with Crippen molar-refractivity contribution in [2.24, 2.45) is 13.0 Å². The first kappa shape index (κ1) is 17.1. The largest absolute Gasteiger partial charge is 0.326 e. The Morgan fingerprint density at radius 1 is 1.29 bits per heavy atom. The van der Waals surface area contributed by atoms with Crippen LogP contribution in [0.4, 0.5) is 5.69 Å². The minimum Gasteiger partial charge on any atom is -0.326 e. The average Bonchev–Trinajstić information content (AvgIpc) is 3.11. The summed E-state index contributed by atoms with van der Waals surface area (Å²) in [7, 11) is 1.89. The summed E-state index contributed by atoms with van der Waals surface area (Å²) >= 11 is 0. The Hall–Kier alpha value is -3.00. The topological polar surface area (TPSA) is 101 Å². The molecule has 8 nitrogen and oxygen atoms in total. The minimum atomic E-state index is -0.127. The molecule has 5 rings (SSSR count). The van der Waals surface area contributed by atoms with E-state index >= 15 is 0 Å². The Labute approximate surface area is 162 Å². The maximum atomic E-state index is 12.9. The van der Waals surface area contributed by atoms with Gasteiger partial charge >= 0.3 is 0 Å². The third-order valence-electron chi connectivity index (χ3n) is 5.56. The van der Waals surface area contributed by atoms with Gasteiger partial charge in [-0.3, -0.25) is 14.6 Å². The van der Waals surface area contributed by atoms with Gasteiger partial charge in [-0.2, -0.15) is 10.2 Å². The van der Waals surface area contributed by atoms with Gasteiger partial charge in [0.2, 0.25) is 5.91 Å². The molecule has 3 N–H and O–H groups in total. The van der Waals surface area contributed by atoms with E-state index in [0.29, 0.717) is 18.3 Å². The lowest BCUT2D eigenvalue weighted by Gasteiger charge is -2.17. The summed E-state index contributed by atoms with van der Waals surface area (Å²) in [5.74, 6) is 2.19. The normalized spacial score (nSPS) is 21.8. The number of anilines is 1. The molecule has 1 aromatic carbocycles. The van der Waals surface area contributed by atoms with Gasteiger partial charge in [0.25, 0.3) is 0 Å². The van der Waals surface area contributed by atoms with Crippen molar-refractivity contribution in [2.45, 2.75) is 24.7 Å². The van der Waals surface area contributed by atoms with Gasteiger partial charge in [-0.25, -0.2) is 4.98 Å². The van der Waals surface area contributed by atoms with Gasteiger partial charge in [0.15, 0.2) is 5.82 Å². The molecule has 0 unspecified atom stereocenters. The Bertz CT molecular complexity index is 1000. The molecule has 1 amide bonds. The number of nitrogens with zero attached hydrogens (tertiary/aromatic N) is 4. The monoisotopic (exact) mass is 377 g/mol. The fourth-order valence-electron chi connectivity index (χ4n) is 3.85. The number of hydrogen-bond acceptors (Lipinski definition) is 5. The maximum Gasteiger partial charge on any atom is 0.229 e. The van der Waals surface area contributed by atoms with E-state index in [1.54, 1.807) is 4.68 Å². The number of aromatic amines is 1. The number of amides is 1. The first-order valence-corrected chi connectivity index (χ1v) is 9.70. The van der Waals surface area contributed by atoms with E-state index in [0.717, 1.165) is 29.2 Å². The molecule has 2 aliphatic rings. The SMILES string of the molecule is Cn1cc([C@H]2CNC[C@@H]2C(=O)Nc2cccc(-c3n[nH]c(C4CC4)n3)c2)cn1. The molecule has 1 saturated carbocycles. The second kappa shape index (κ2) is 6.87. The van der Waals surface area contributed by atoms with Crippen molar-refractivity contribution >= 4 is 11.6 Å². The van der Waals surface area contributed by atoms with Gasteiger partial charge in [-0.1, -0.05) is 12.1 Å². The molecule has 1 saturated heterocycles. The lowest BCUT2D eigenvalue weighted by atomic mass is 9.90. The van der Waals surface area contributed by atoms with Crippen LogP contribution in [0, 0.1) is 5.92 Å². The molecule has 3 heterocycles. The maximum absolute atomic E-state index is 12.9. The Morgan fingerprint density at radius 3 is 2.96 bits per heavy atom. The second-order valence-corrected chi connectivity index (χ2v) is 7.71. The summed E-state index contributed by atoms with van der Waals surface area (Å²) in [5, 5.41) is 18.0.